The molecule has 0 bridgehead atoms. The van der Waals surface area contributed by atoms with Gasteiger partial charge in [0.2, 0.25) is 5.91 Å². The second kappa shape index (κ2) is 6.02. The van der Waals surface area contributed by atoms with Crippen LogP contribution in [0.1, 0.15) is 11.1 Å². The number of anilines is 1. The molecule has 0 fully saturated rings. The van der Waals surface area contributed by atoms with E-state index in [1.165, 1.54) is 18.2 Å². The van der Waals surface area contributed by atoms with E-state index in [2.05, 4.69) is 5.32 Å². The molecule has 3 nitrogen and oxygen atoms in total. The van der Waals surface area contributed by atoms with Gasteiger partial charge in [-0.05, 0) is 48.4 Å². The summed E-state index contributed by atoms with van der Waals surface area (Å²) >= 11 is 0. The van der Waals surface area contributed by atoms with Gasteiger partial charge in [-0.15, -0.1) is 0 Å². The lowest BCUT2D eigenvalue weighted by Gasteiger charge is -2.05. The van der Waals surface area contributed by atoms with Gasteiger partial charge in [0.15, 0.2) is 0 Å². The Balaban J connectivity index is 2.03. The molecule has 0 aliphatic heterocycles. The number of hydrogen-bond donors (Lipinski definition) is 2. The van der Waals surface area contributed by atoms with Crippen molar-refractivity contribution in [2.24, 2.45) is 0 Å². The maximum absolute atomic E-state index is 12.7. The minimum absolute atomic E-state index is 0.0218. The van der Waals surface area contributed by atoms with E-state index in [9.17, 15) is 14.3 Å². The van der Waals surface area contributed by atoms with Crippen LogP contribution < -0.4 is 5.32 Å². The van der Waals surface area contributed by atoms with E-state index in [1.807, 2.05) is 6.92 Å². The Labute approximate surface area is 116 Å². The lowest BCUT2D eigenvalue weighted by atomic mass is 10.2. The summed E-state index contributed by atoms with van der Waals surface area (Å²) in [6.45, 7) is 1.85. The smallest absolute Gasteiger partial charge is 0.248 e. The van der Waals surface area contributed by atoms with Crippen LogP contribution in [0.4, 0.5) is 10.1 Å². The van der Waals surface area contributed by atoms with Crippen molar-refractivity contribution in [1.82, 2.24) is 0 Å². The topological polar surface area (TPSA) is 49.3 Å². The van der Waals surface area contributed by atoms with Gasteiger partial charge in [-0.1, -0.05) is 18.2 Å². The van der Waals surface area contributed by atoms with Crippen LogP contribution in [0.5, 0.6) is 5.75 Å². The van der Waals surface area contributed by atoms with Gasteiger partial charge in [0.05, 0.1) is 5.69 Å². The SMILES string of the molecule is Cc1ccc(NC(=O)/C=C/c2ccc(F)cc2)c(O)c1. The Hall–Kier alpha value is -2.62. The van der Waals surface area contributed by atoms with Crippen molar-refractivity contribution >= 4 is 17.7 Å². The number of rotatable bonds is 3. The molecular weight excluding hydrogens is 257 g/mol. The molecule has 20 heavy (non-hydrogen) atoms. The van der Waals surface area contributed by atoms with Crippen LogP contribution in [0.25, 0.3) is 6.08 Å². The number of aromatic hydroxyl groups is 1. The second-order valence-corrected chi connectivity index (χ2v) is 4.39. The highest BCUT2D eigenvalue weighted by Gasteiger charge is 2.03. The number of nitrogens with one attached hydrogen (secondary N) is 1. The van der Waals surface area contributed by atoms with Crippen molar-refractivity contribution in [3.8, 4) is 5.75 Å². The van der Waals surface area contributed by atoms with Crippen molar-refractivity contribution in [2.45, 2.75) is 6.92 Å². The summed E-state index contributed by atoms with van der Waals surface area (Å²) in [5.74, 6) is -0.668. The summed E-state index contributed by atoms with van der Waals surface area (Å²) in [4.78, 5) is 11.7. The summed E-state index contributed by atoms with van der Waals surface area (Å²) in [7, 11) is 0. The molecule has 0 aromatic heterocycles. The van der Waals surface area contributed by atoms with Gasteiger partial charge in [-0.3, -0.25) is 4.79 Å². The summed E-state index contributed by atoms with van der Waals surface area (Å²) in [5, 5.41) is 12.2. The molecule has 0 saturated heterocycles. The molecule has 4 heteroatoms. The first-order chi connectivity index (χ1) is 9.54. The Morgan fingerprint density at radius 1 is 1.20 bits per heavy atom. The van der Waals surface area contributed by atoms with E-state index in [4.69, 9.17) is 0 Å². The highest BCUT2D eigenvalue weighted by Crippen LogP contribution is 2.23. The molecule has 2 rings (SSSR count). The molecule has 2 N–H and O–H groups in total. The van der Waals surface area contributed by atoms with Gasteiger partial charge in [0.25, 0.3) is 0 Å². The van der Waals surface area contributed by atoms with E-state index < -0.39 is 0 Å². The third-order valence-electron chi connectivity index (χ3n) is 2.71. The number of amides is 1. The quantitative estimate of drug-likeness (QED) is 0.663. The van der Waals surface area contributed by atoms with E-state index in [0.717, 1.165) is 11.1 Å². The van der Waals surface area contributed by atoms with Crippen molar-refractivity contribution in [3.63, 3.8) is 0 Å². The molecule has 0 heterocycles. The summed E-state index contributed by atoms with van der Waals surface area (Å²) < 4.78 is 12.7. The summed E-state index contributed by atoms with van der Waals surface area (Å²) in [6, 6.07) is 10.8. The maximum atomic E-state index is 12.7. The van der Waals surface area contributed by atoms with Crippen LogP contribution in [0.3, 0.4) is 0 Å². The fourth-order valence-corrected chi connectivity index (χ4v) is 1.67. The average molecular weight is 271 g/mol. The first-order valence-electron chi connectivity index (χ1n) is 6.09. The first kappa shape index (κ1) is 13.8. The van der Waals surface area contributed by atoms with Gasteiger partial charge < -0.3 is 10.4 Å². The average Bonchev–Trinajstić information content (AvgIpc) is 2.41. The van der Waals surface area contributed by atoms with Gasteiger partial charge in [0.1, 0.15) is 11.6 Å². The van der Waals surface area contributed by atoms with Crippen LogP contribution in [0.2, 0.25) is 0 Å². The second-order valence-electron chi connectivity index (χ2n) is 4.39. The van der Waals surface area contributed by atoms with Crippen LogP contribution in [-0.4, -0.2) is 11.0 Å². The molecular formula is C16H14FNO2. The highest BCUT2D eigenvalue weighted by atomic mass is 19.1. The molecule has 0 unspecified atom stereocenters. The van der Waals surface area contributed by atoms with Crippen LogP contribution >= 0.6 is 0 Å². The van der Waals surface area contributed by atoms with Gasteiger partial charge in [-0.2, -0.15) is 0 Å². The summed E-state index contributed by atoms with van der Waals surface area (Å²) in [5.41, 5.74) is 1.97. The largest absolute Gasteiger partial charge is 0.506 e. The number of hydrogen-bond acceptors (Lipinski definition) is 2. The standard InChI is InChI=1S/C16H14FNO2/c1-11-2-8-14(15(19)10-11)18-16(20)9-5-12-3-6-13(17)7-4-12/h2-10,19H,1H3,(H,18,20)/b9-5+. The predicted octanol–water partition coefficient (Wildman–Crippen LogP) is 3.49. The fourth-order valence-electron chi connectivity index (χ4n) is 1.67. The lowest BCUT2D eigenvalue weighted by Crippen LogP contribution is -2.07. The van der Waals surface area contributed by atoms with Gasteiger partial charge in [0, 0.05) is 6.08 Å². The molecule has 0 aliphatic rings. The number of carbonyl (C=O) groups excluding carboxylic acids is 1. The zero-order chi connectivity index (χ0) is 14.5. The number of halogens is 1. The maximum Gasteiger partial charge on any atom is 0.248 e. The Bertz CT molecular complexity index is 648. The van der Waals surface area contributed by atoms with Crippen molar-refractivity contribution in [2.75, 3.05) is 5.32 Å². The highest BCUT2D eigenvalue weighted by molar-refractivity contribution is 6.02. The van der Waals surface area contributed by atoms with Crippen LogP contribution in [-0.2, 0) is 4.79 Å². The Kier molecular flexibility index (Phi) is 4.15. The molecule has 0 radical (unpaired) electrons. The third-order valence-corrected chi connectivity index (χ3v) is 2.71. The van der Waals surface area contributed by atoms with E-state index in [1.54, 1.807) is 36.4 Å². The third kappa shape index (κ3) is 3.68. The number of carbonyl (C=O) groups is 1. The Morgan fingerprint density at radius 2 is 1.90 bits per heavy atom. The lowest BCUT2D eigenvalue weighted by molar-refractivity contribution is -0.111. The van der Waals surface area contributed by atoms with E-state index >= 15 is 0 Å². The molecule has 0 atom stereocenters. The number of benzene rings is 2. The van der Waals surface area contributed by atoms with Gasteiger partial charge >= 0.3 is 0 Å². The zero-order valence-corrected chi connectivity index (χ0v) is 10.9. The van der Waals surface area contributed by atoms with Crippen molar-refractivity contribution in [3.05, 3.63) is 65.5 Å². The molecule has 0 saturated carbocycles. The van der Waals surface area contributed by atoms with E-state index in [0.29, 0.717) is 5.69 Å². The molecule has 102 valence electrons. The minimum Gasteiger partial charge on any atom is -0.506 e. The normalized spacial score (nSPS) is 10.7. The molecule has 0 aliphatic carbocycles. The van der Waals surface area contributed by atoms with Gasteiger partial charge in [-0.25, -0.2) is 4.39 Å². The first-order valence-corrected chi connectivity index (χ1v) is 6.09. The summed E-state index contributed by atoms with van der Waals surface area (Å²) in [6.07, 6.45) is 2.90. The van der Waals surface area contributed by atoms with Crippen LogP contribution in [0, 0.1) is 12.7 Å². The Morgan fingerprint density at radius 3 is 2.55 bits per heavy atom. The molecule has 2 aromatic carbocycles. The van der Waals surface area contributed by atoms with Crippen LogP contribution in [0.15, 0.2) is 48.5 Å². The number of aryl methyl sites for hydroxylation is 1. The molecule has 0 spiro atoms. The fraction of sp³-hybridized carbons (Fsp3) is 0.0625. The van der Waals surface area contributed by atoms with Crippen molar-refractivity contribution in [1.29, 1.82) is 0 Å². The van der Waals surface area contributed by atoms with Crippen molar-refractivity contribution < 1.29 is 14.3 Å². The monoisotopic (exact) mass is 271 g/mol. The minimum atomic E-state index is -0.367. The number of phenols is 1. The number of phenolic OH excluding ortho intramolecular Hbond substituents is 1. The molecule has 1 amide bonds. The molecule has 2 aromatic rings. The predicted molar refractivity (Wildman–Crippen MR) is 76.9 cm³/mol. The zero-order valence-electron chi connectivity index (χ0n) is 10.9. The van der Waals surface area contributed by atoms with E-state index in [-0.39, 0.29) is 17.5 Å².